The lowest BCUT2D eigenvalue weighted by Gasteiger charge is -2.20. The molecule has 1 unspecified atom stereocenters. The molecule has 2 N–H and O–H groups in total. The molecule has 0 saturated heterocycles. The highest BCUT2D eigenvalue weighted by Crippen LogP contribution is 2.40. The number of rotatable bonds is 3. The van der Waals surface area contributed by atoms with Crippen molar-refractivity contribution in [2.45, 2.75) is 25.6 Å². The van der Waals surface area contributed by atoms with Crippen LogP contribution in [0.1, 0.15) is 29.2 Å². The molecule has 8 heteroatoms. The van der Waals surface area contributed by atoms with Crippen molar-refractivity contribution in [3.63, 3.8) is 0 Å². The number of hydrogen-bond acceptors (Lipinski definition) is 3. The molecule has 31 heavy (non-hydrogen) atoms. The van der Waals surface area contributed by atoms with Crippen LogP contribution >= 0.6 is 15.9 Å². The van der Waals surface area contributed by atoms with Crippen molar-refractivity contribution in [1.29, 1.82) is 0 Å². The van der Waals surface area contributed by atoms with Crippen molar-refractivity contribution in [2.75, 3.05) is 10.6 Å². The average Bonchev–Trinajstić information content (AvgIpc) is 2.84. The first-order valence-corrected chi connectivity index (χ1v) is 10.3. The number of halogens is 4. The van der Waals surface area contributed by atoms with Crippen molar-refractivity contribution in [3.05, 3.63) is 81.8 Å². The van der Waals surface area contributed by atoms with Crippen molar-refractivity contribution >= 4 is 33.2 Å². The van der Waals surface area contributed by atoms with E-state index in [-0.39, 0.29) is 23.6 Å². The summed E-state index contributed by atoms with van der Waals surface area (Å²) in [5.41, 5.74) is 0.663. The van der Waals surface area contributed by atoms with Gasteiger partial charge in [0, 0.05) is 4.47 Å². The van der Waals surface area contributed by atoms with E-state index in [9.17, 15) is 18.0 Å². The minimum atomic E-state index is -4.49. The van der Waals surface area contributed by atoms with Crippen molar-refractivity contribution in [3.8, 4) is 11.5 Å². The monoisotopic (exact) mass is 490 g/mol. The zero-order chi connectivity index (χ0) is 22.2. The molecule has 0 radical (unpaired) electrons. The largest absolute Gasteiger partial charge is 0.457 e. The first kappa shape index (κ1) is 21.2. The average molecular weight is 491 g/mol. The molecule has 4 nitrogen and oxygen atoms in total. The summed E-state index contributed by atoms with van der Waals surface area (Å²) in [7, 11) is 0. The number of fused-ring (bicyclic) bond motifs is 1. The van der Waals surface area contributed by atoms with Gasteiger partial charge in [-0.05, 0) is 60.5 Å². The molecule has 3 aromatic rings. The minimum Gasteiger partial charge on any atom is -0.457 e. The number of carbonyl (C=O) groups is 1. The third kappa shape index (κ3) is 4.85. The lowest BCUT2D eigenvalue weighted by atomic mass is 10.0. The van der Waals surface area contributed by atoms with Crippen LogP contribution in [-0.4, -0.2) is 5.91 Å². The molecule has 0 saturated carbocycles. The van der Waals surface area contributed by atoms with Gasteiger partial charge in [0.15, 0.2) is 0 Å². The smallest absolute Gasteiger partial charge is 0.416 e. The Morgan fingerprint density at radius 1 is 1.00 bits per heavy atom. The fourth-order valence-corrected chi connectivity index (χ4v) is 3.90. The molecule has 1 heterocycles. The van der Waals surface area contributed by atoms with Crippen LogP contribution in [0.25, 0.3) is 0 Å². The maximum Gasteiger partial charge on any atom is 0.416 e. The summed E-state index contributed by atoms with van der Waals surface area (Å²) in [4.78, 5) is 12.4. The Balaban J connectivity index is 1.64. The molecule has 3 aromatic carbocycles. The standard InChI is InChI=1S/C23H18BrF3N2O2/c1-13-8-20-21(11-18(13)23(25,26)27)29-22(30)12-19(28-20)14-4-2-6-16(9-14)31-17-7-3-5-15(24)10-17/h2-11,19,28H,12H2,1H3,(H,29,30). The third-order valence-electron chi connectivity index (χ3n) is 4.96. The van der Waals surface area contributed by atoms with Gasteiger partial charge in [0.1, 0.15) is 11.5 Å². The zero-order valence-corrected chi connectivity index (χ0v) is 18.0. The number of ether oxygens (including phenoxy) is 1. The second-order valence-corrected chi connectivity index (χ2v) is 8.21. The summed E-state index contributed by atoms with van der Waals surface area (Å²) in [6.07, 6.45) is -4.43. The minimum absolute atomic E-state index is 0.0649. The Hall–Kier alpha value is -3.00. The first-order valence-electron chi connectivity index (χ1n) is 9.50. The van der Waals surface area contributed by atoms with E-state index in [1.165, 1.54) is 13.0 Å². The van der Waals surface area contributed by atoms with E-state index in [2.05, 4.69) is 26.6 Å². The third-order valence-corrected chi connectivity index (χ3v) is 5.45. The predicted molar refractivity (Wildman–Crippen MR) is 116 cm³/mol. The van der Waals surface area contributed by atoms with Crippen LogP contribution in [0, 0.1) is 6.92 Å². The van der Waals surface area contributed by atoms with E-state index in [1.807, 2.05) is 42.5 Å². The molecule has 1 aliphatic heterocycles. The fraction of sp³-hybridized carbons (Fsp3) is 0.174. The molecule has 160 valence electrons. The topological polar surface area (TPSA) is 50.4 Å². The summed E-state index contributed by atoms with van der Waals surface area (Å²) >= 11 is 3.40. The molecule has 1 amide bonds. The number of carbonyl (C=O) groups excluding carboxylic acids is 1. The van der Waals surface area contributed by atoms with E-state index in [0.29, 0.717) is 17.2 Å². The van der Waals surface area contributed by atoms with Crippen molar-refractivity contribution in [2.24, 2.45) is 0 Å². The second-order valence-electron chi connectivity index (χ2n) is 7.29. The maximum atomic E-state index is 13.3. The van der Waals surface area contributed by atoms with Crippen LogP contribution in [-0.2, 0) is 11.0 Å². The van der Waals surface area contributed by atoms with E-state index in [4.69, 9.17) is 4.74 Å². The molecule has 0 fully saturated rings. The summed E-state index contributed by atoms with van der Waals surface area (Å²) < 4.78 is 46.6. The van der Waals surface area contributed by atoms with Gasteiger partial charge in [-0.2, -0.15) is 13.2 Å². The molecule has 1 aliphatic rings. The van der Waals surface area contributed by atoms with Crippen molar-refractivity contribution < 1.29 is 22.7 Å². The highest BCUT2D eigenvalue weighted by molar-refractivity contribution is 9.10. The van der Waals surface area contributed by atoms with Gasteiger partial charge < -0.3 is 15.4 Å². The number of aryl methyl sites for hydroxylation is 1. The Bertz CT molecular complexity index is 1150. The molecule has 0 aromatic heterocycles. The van der Waals surface area contributed by atoms with E-state index in [0.717, 1.165) is 16.1 Å². The molecule has 4 rings (SSSR count). The molecular formula is C23H18BrF3N2O2. The van der Waals surface area contributed by atoms with E-state index < -0.39 is 17.8 Å². The molecule has 0 bridgehead atoms. The number of alkyl halides is 3. The highest BCUT2D eigenvalue weighted by Gasteiger charge is 2.34. The summed E-state index contributed by atoms with van der Waals surface area (Å²) in [6, 6.07) is 16.6. The van der Waals surface area contributed by atoms with Crippen LogP contribution in [0.15, 0.2) is 65.1 Å². The van der Waals surface area contributed by atoms with Crippen LogP contribution in [0.5, 0.6) is 11.5 Å². The van der Waals surface area contributed by atoms with Gasteiger partial charge in [0.25, 0.3) is 0 Å². The van der Waals surface area contributed by atoms with Crippen molar-refractivity contribution in [1.82, 2.24) is 0 Å². The second kappa shape index (κ2) is 8.26. The normalized spacial score (nSPS) is 16.0. The summed E-state index contributed by atoms with van der Waals surface area (Å²) in [5, 5.41) is 5.80. The fourth-order valence-electron chi connectivity index (χ4n) is 3.52. The molecule has 1 atom stereocenters. The Labute approximate surface area is 185 Å². The number of nitrogens with one attached hydrogen (secondary N) is 2. The maximum absolute atomic E-state index is 13.3. The lowest BCUT2D eigenvalue weighted by Crippen LogP contribution is -2.15. The van der Waals surface area contributed by atoms with E-state index >= 15 is 0 Å². The Morgan fingerprint density at radius 3 is 2.42 bits per heavy atom. The van der Waals surface area contributed by atoms with E-state index in [1.54, 1.807) is 6.07 Å². The van der Waals surface area contributed by atoms with Crippen LogP contribution in [0.2, 0.25) is 0 Å². The Morgan fingerprint density at radius 2 is 1.71 bits per heavy atom. The van der Waals surface area contributed by atoms with Gasteiger partial charge in [0.05, 0.1) is 29.4 Å². The van der Waals surface area contributed by atoms with Crippen LogP contribution < -0.4 is 15.4 Å². The quantitative estimate of drug-likeness (QED) is 0.412. The molecule has 0 spiro atoms. The summed E-state index contributed by atoms with van der Waals surface area (Å²) in [5.74, 6) is 0.871. The molecular weight excluding hydrogens is 473 g/mol. The predicted octanol–water partition coefficient (Wildman–Crippen LogP) is 7.06. The van der Waals surface area contributed by atoms with Gasteiger partial charge in [-0.25, -0.2) is 0 Å². The zero-order valence-electron chi connectivity index (χ0n) is 16.4. The lowest BCUT2D eigenvalue weighted by molar-refractivity contribution is -0.138. The number of anilines is 2. The Kier molecular flexibility index (Phi) is 5.66. The van der Waals surface area contributed by atoms with Gasteiger partial charge in [-0.15, -0.1) is 0 Å². The molecule has 0 aliphatic carbocycles. The van der Waals surface area contributed by atoms with Gasteiger partial charge in [0.2, 0.25) is 5.91 Å². The SMILES string of the molecule is Cc1cc2c(cc1C(F)(F)F)NC(=O)CC(c1cccc(Oc3cccc(Br)c3)c1)N2. The summed E-state index contributed by atoms with van der Waals surface area (Å²) in [6.45, 7) is 1.40. The van der Waals surface area contributed by atoms with Gasteiger partial charge in [-0.1, -0.05) is 34.1 Å². The van der Waals surface area contributed by atoms with Gasteiger partial charge in [-0.3, -0.25) is 4.79 Å². The van der Waals surface area contributed by atoms with Crippen LogP contribution in [0.3, 0.4) is 0 Å². The highest BCUT2D eigenvalue weighted by atomic mass is 79.9. The number of hydrogen-bond donors (Lipinski definition) is 2. The number of amides is 1. The first-order chi connectivity index (χ1) is 14.7. The number of benzene rings is 3. The van der Waals surface area contributed by atoms with Gasteiger partial charge >= 0.3 is 6.18 Å². The van der Waals surface area contributed by atoms with Crippen LogP contribution in [0.4, 0.5) is 24.5 Å².